The third kappa shape index (κ3) is 4.54. The fourth-order valence-corrected chi connectivity index (χ4v) is 3.49. The Bertz CT molecular complexity index is 940. The first kappa shape index (κ1) is 18.9. The van der Waals surface area contributed by atoms with Gasteiger partial charge in [0.2, 0.25) is 6.41 Å². The molecule has 1 saturated heterocycles. The van der Waals surface area contributed by atoms with Crippen molar-refractivity contribution < 1.29 is 4.79 Å². The van der Waals surface area contributed by atoms with Gasteiger partial charge in [-0.05, 0) is 12.5 Å². The SMILES string of the molecule is CC(Nc1cc(N2CCN(C=O)CC2)nc(-c2ccccc2)n1)c1ccccc1. The first-order valence-corrected chi connectivity index (χ1v) is 9.93. The fraction of sp³-hybridized carbons (Fsp3) is 0.261. The Morgan fingerprint density at radius 2 is 1.59 bits per heavy atom. The maximum absolute atomic E-state index is 11.0. The maximum atomic E-state index is 11.0. The van der Waals surface area contributed by atoms with E-state index in [4.69, 9.17) is 9.97 Å². The number of hydrogen-bond acceptors (Lipinski definition) is 5. The standard InChI is InChI=1S/C23H25N5O/c1-18(19-8-4-2-5-9-19)24-21-16-22(28-14-12-27(17-29)13-15-28)26-23(25-21)20-10-6-3-7-11-20/h2-11,16-18H,12-15H2,1H3,(H,24,25,26). The van der Waals surface area contributed by atoms with Crippen LogP contribution < -0.4 is 10.2 Å². The van der Waals surface area contributed by atoms with E-state index in [1.165, 1.54) is 5.56 Å². The zero-order chi connectivity index (χ0) is 20.1. The summed E-state index contributed by atoms with van der Waals surface area (Å²) in [5.74, 6) is 2.37. The van der Waals surface area contributed by atoms with Crippen molar-refractivity contribution >= 4 is 18.0 Å². The molecular formula is C23H25N5O. The predicted molar refractivity (Wildman–Crippen MR) is 116 cm³/mol. The normalized spacial score (nSPS) is 15.1. The molecule has 6 nitrogen and oxygen atoms in total. The van der Waals surface area contributed by atoms with Gasteiger partial charge in [0.05, 0.1) is 0 Å². The monoisotopic (exact) mass is 387 g/mol. The molecule has 3 aromatic rings. The number of nitrogens with zero attached hydrogens (tertiary/aromatic N) is 4. The summed E-state index contributed by atoms with van der Waals surface area (Å²) >= 11 is 0. The average Bonchev–Trinajstić information content (AvgIpc) is 2.80. The van der Waals surface area contributed by atoms with Crippen molar-refractivity contribution in [3.05, 3.63) is 72.3 Å². The second kappa shape index (κ2) is 8.73. The number of aromatic nitrogens is 2. The van der Waals surface area contributed by atoms with Crippen molar-refractivity contribution in [2.75, 3.05) is 36.4 Å². The lowest BCUT2D eigenvalue weighted by Crippen LogP contribution is -2.46. The summed E-state index contributed by atoms with van der Waals surface area (Å²) in [5.41, 5.74) is 2.19. The van der Waals surface area contributed by atoms with Crippen LogP contribution in [0.3, 0.4) is 0 Å². The molecule has 1 amide bonds. The second-order valence-electron chi connectivity index (χ2n) is 7.21. The van der Waals surface area contributed by atoms with Gasteiger partial charge in [0.1, 0.15) is 11.6 Å². The summed E-state index contributed by atoms with van der Waals surface area (Å²) < 4.78 is 0. The molecule has 0 saturated carbocycles. The van der Waals surface area contributed by atoms with Gasteiger partial charge in [-0.3, -0.25) is 4.79 Å². The van der Waals surface area contributed by atoms with Gasteiger partial charge in [-0.2, -0.15) is 0 Å². The third-order valence-electron chi connectivity index (χ3n) is 5.20. The van der Waals surface area contributed by atoms with Crippen LogP contribution >= 0.6 is 0 Å². The van der Waals surface area contributed by atoms with Crippen molar-refractivity contribution in [2.24, 2.45) is 0 Å². The largest absolute Gasteiger partial charge is 0.363 e. The lowest BCUT2D eigenvalue weighted by atomic mass is 10.1. The number of nitrogens with one attached hydrogen (secondary N) is 1. The van der Waals surface area contributed by atoms with Gasteiger partial charge in [0, 0.05) is 43.9 Å². The van der Waals surface area contributed by atoms with Crippen LogP contribution in [0.25, 0.3) is 11.4 Å². The molecule has 0 spiro atoms. The molecule has 2 heterocycles. The number of rotatable bonds is 6. The van der Waals surface area contributed by atoms with E-state index in [-0.39, 0.29) is 6.04 Å². The molecule has 148 valence electrons. The van der Waals surface area contributed by atoms with Crippen molar-refractivity contribution in [3.8, 4) is 11.4 Å². The van der Waals surface area contributed by atoms with Crippen molar-refractivity contribution in [2.45, 2.75) is 13.0 Å². The summed E-state index contributed by atoms with van der Waals surface area (Å²) in [6, 6.07) is 22.5. The van der Waals surface area contributed by atoms with Crippen molar-refractivity contribution in [3.63, 3.8) is 0 Å². The molecule has 1 atom stereocenters. The zero-order valence-corrected chi connectivity index (χ0v) is 16.5. The van der Waals surface area contributed by atoms with Gasteiger partial charge in [0.15, 0.2) is 5.82 Å². The van der Waals surface area contributed by atoms with E-state index in [1.807, 2.05) is 54.6 Å². The average molecular weight is 387 g/mol. The molecule has 6 heteroatoms. The molecule has 4 rings (SSSR count). The van der Waals surface area contributed by atoms with Gasteiger partial charge < -0.3 is 15.1 Å². The summed E-state index contributed by atoms with van der Waals surface area (Å²) in [6.07, 6.45) is 0.918. The quantitative estimate of drug-likeness (QED) is 0.655. The van der Waals surface area contributed by atoms with E-state index in [9.17, 15) is 4.79 Å². The third-order valence-corrected chi connectivity index (χ3v) is 5.20. The van der Waals surface area contributed by atoms with Crippen LogP contribution in [0.15, 0.2) is 66.7 Å². The van der Waals surface area contributed by atoms with Crippen LogP contribution in [-0.4, -0.2) is 47.5 Å². The Labute approximate surface area is 171 Å². The molecule has 1 aromatic heterocycles. The summed E-state index contributed by atoms with van der Waals surface area (Å²) in [6.45, 7) is 5.06. The van der Waals surface area contributed by atoms with Crippen LogP contribution in [0.1, 0.15) is 18.5 Å². The number of carbonyl (C=O) groups excluding carboxylic acids is 1. The fourth-order valence-electron chi connectivity index (χ4n) is 3.49. The number of carbonyl (C=O) groups is 1. The van der Waals surface area contributed by atoms with E-state index < -0.39 is 0 Å². The van der Waals surface area contributed by atoms with Crippen LogP contribution in [0.4, 0.5) is 11.6 Å². The maximum Gasteiger partial charge on any atom is 0.209 e. The zero-order valence-electron chi connectivity index (χ0n) is 16.5. The number of anilines is 2. The van der Waals surface area contributed by atoms with Gasteiger partial charge in [0.25, 0.3) is 0 Å². The molecule has 1 aliphatic rings. The number of benzene rings is 2. The predicted octanol–water partition coefficient (Wildman–Crippen LogP) is 3.60. The lowest BCUT2D eigenvalue weighted by molar-refractivity contribution is -0.118. The highest BCUT2D eigenvalue weighted by molar-refractivity contribution is 5.62. The Morgan fingerprint density at radius 3 is 2.24 bits per heavy atom. The molecule has 1 N–H and O–H groups in total. The van der Waals surface area contributed by atoms with E-state index in [2.05, 4.69) is 29.3 Å². The van der Waals surface area contributed by atoms with Gasteiger partial charge in [-0.1, -0.05) is 60.7 Å². The number of amides is 1. The van der Waals surface area contributed by atoms with Crippen LogP contribution in [0.2, 0.25) is 0 Å². The topological polar surface area (TPSA) is 61.4 Å². The first-order chi connectivity index (χ1) is 14.2. The minimum Gasteiger partial charge on any atom is -0.363 e. The van der Waals surface area contributed by atoms with Crippen LogP contribution in [0, 0.1) is 0 Å². The summed E-state index contributed by atoms with van der Waals surface area (Å²) in [7, 11) is 0. The summed E-state index contributed by atoms with van der Waals surface area (Å²) in [5, 5.41) is 3.52. The lowest BCUT2D eigenvalue weighted by Gasteiger charge is -2.33. The molecule has 0 radical (unpaired) electrons. The summed E-state index contributed by atoms with van der Waals surface area (Å²) in [4.78, 5) is 24.6. The highest BCUT2D eigenvalue weighted by atomic mass is 16.1. The van der Waals surface area contributed by atoms with Gasteiger partial charge in [-0.25, -0.2) is 9.97 Å². The van der Waals surface area contributed by atoms with E-state index in [0.717, 1.165) is 36.7 Å². The Hall–Kier alpha value is -3.41. The first-order valence-electron chi connectivity index (χ1n) is 9.93. The number of hydrogen-bond donors (Lipinski definition) is 1. The Kier molecular flexibility index (Phi) is 5.70. The second-order valence-corrected chi connectivity index (χ2v) is 7.21. The molecular weight excluding hydrogens is 362 g/mol. The molecule has 1 unspecified atom stereocenters. The van der Waals surface area contributed by atoms with Gasteiger partial charge >= 0.3 is 0 Å². The van der Waals surface area contributed by atoms with Crippen LogP contribution in [0.5, 0.6) is 0 Å². The van der Waals surface area contributed by atoms with E-state index in [1.54, 1.807) is 4.90 Å². The minimum atomic E-state index is 0.120. The Balaban J connectivity index is 1.64. The highest BCUT2D eigenvalue weighted by Crippen LogP contribution is 2.26. The molecule has 0 bridgehead atoms. The molecule has 1 aliphatic heterocycles. The molecule has 29 heavy (non-hydrogen) atoms. The van der Waals surface area contributed by atoms with Crippen LogP contribution in [-0.2, 0) is 4.79 Å². The molecule has 0 aliphatic carbocycles. The molecule has 2 aromatic carbocycles. The van der Waals surface area contributed by atoms with Crippen molar-refractivity contribution in [1.29, 1.82) is 0 Å². The van der Waals surface area contributed by atoms with Crippen molar-refractivity contribution in [1.82, 2.24) is 14.9 Å². The highest BCUT2D eigenvalue weighted by Gasteiger charge is 2.19. The number of piperazine rings is 1. The smallest absolute Gasteiger partial charge is 0.209 e. The molecule has 1 fully saturated rings. The van der Waals surface area contributed by atoms with E-state index >= 15 is 0 Å². The van der Waals surface area contributed by atoms with E-state index in [0.29, 0.717) is 18.9 Å². The van der Waals surface area contributed by atoms with Gasteiger partial charge in [-0.15, -0.1) is 0 Å². The minimum absolute atomic E-state index is 0.120. The Morgan fingerprint density at radius 1 is 0.931 bits per heavy atom.